The van der Waals surface area contributed by atoms with Crippen molar-refractivity contribution in [1.29, 1.82) is 5.26 Å². The Morgan fingerprint density at radius 2 is 2.00 bits per heavy atom. The number of rotatable bonds is 2. The average Bonchev–Trinajstić information content (AvgIpc) is 2.62. The quantitative estimate of drug-likeness (QED) is 0.797. The lowest BCUT2D eigenvalue weighted by Gasteiger charge is -2.04. The van der Waals surface area contributed by atoms with Crippen LogP contribution in [0.2, 0.25) is 0 Å². The maximum Gasteiger partial charge on any atom is 0.210 e. The predicted octanol–water partition coefficient (Wildman–Crippen LogP) is 2.08. The highest BCUT2D eigenvalue weighted by molar-refractivity contribution is 5.91. The Hall–Kier alpha value is -2.54. The number of aromatic hydroxyl groups is 1. The number of benzene rings is 1. The zero-order valence-electron chi connectivity index (χ0n) is 9.21. The summed E-state index contributed by atoms with van der Waals surface area (Å²) in [5.41, 5.74) is 1.57. The summed E-state index contributed by atoms with van der Waals surface area (Å²) in [6.45, 7) is 0. The van der Waals surface area contributed by atoms with Gasteiger partial charge < -0.3 is 9.67 Å². The molecule has 2 rings (SSSR count). The molecule has 0 amide bonds. The van der Waals surface area contributed by atoms with Gasteiger partial charge in [0.25, 0.3) is 0 Å². The predicted molar refractivity (Wildman–Crippen MR) is 62.6 cm³/mol. The topological polar surface area (TPSA) is 66.0 Å². The SMILES string of the molecule is Cn1c(O)c(C#N)c(C=O)c1-c1ccccc1. The molecule has 0 radical (unpaired) electrons. The highest BCUT2D eigenvalue weighted by atomic mass is 16.3. The van der Waals surface area contributed by atoms with Gasteiger partial charge in [-0.05, 0) is 5.56 Å². The fourth-order valence-corrected chi connectivity index (χ4v) is 1.86. The van der Waals surface area contributed by atoms with Crippen LogP contribution in [-0.2, 0) is 7.05 Å². The van der Waals surface area contributed by atoms with E-state index in [9.17, 15) is 9.90 Å². The first-order valence-electron chi connectivity index (χ1n) is 5.03. The summed E-state index contributed by atoms with van der Waals surface area (Å²) in [7, 11) is 1.62. The number of aldehydes is 1. The summed E-state index contributed by atoms with van der Waals surface area (Å²) >= 11 is 0. The van der Waals surface area contributed by atoms with E-state index in [2.05, 4.69) is 0 Å². The molecule has 1 aromatic heterocycles. The summed E-state index contributed by atoms with van der Waals surface area (Å²) < 4.78 is 1.44. The third-order valence-corrected chi connectivity index (χ3v) is 2.68. The molecule has 4 heteroatoms. The number of carbonyl (C=O) groups excluding carboxylic acids is 1. The van der Waals surface area contributed by atoms with Gasteiger partial charge in [0.2, 0.25) is 5.88 Å². The number of nitrogens with zero attached hydrogens (tertiary/aromatic N) is 2. The molecule has 1 heterocycles. The maximum absolute atomic E-state index is 11.1. The van der Waals surface area contributed by atoms with Crippen molar-refractivity contribution in [1.82, 2.24) is 4.57 Å². The minimum Gasteiger partial charge on any atom is -0.493 e. The van der Waals surface area contributed by atoms with Gasteiger partial charge in [-0.1, -0.05) is 30.3 Å². The number of aromatic nitrogens is 1. The molecule has 4 nitrogen and oxygen atoms in total. The first-order valence-corrected chi connectivity index (χ1v) is 5.03. The molecule has 0 bridgehead atoms. The smallest absolute Gasteiger partial charge is 0.210 e. The molecular formula is C13H10N2O2. The van der Waals surface area contributed by atoms with Gasteiger partial charge in [0.15, 0.2) is 6.29 Å². The van der Waals surface area contributed by atoms with Crippen LogP contribution in [0, 0.1) is 11.3 Å². The summed E-state index contributed by atoms with van der Waals surface area (Å²) in [6, 6.07) is 11.0. The molecule has 0 fully saturated rings. The maximum atomic E-state index is 11.1. The number of hydrogen-bond donors (Lipinski definition) is 1. The van der Waals surface area contributed by atoms with Crippen LogP contribution in [0.1, 0.15) is 15.9 Å². The molecule has 0 atom stereocenters. The van der Waals surface area contributed by atoms with Gasteiger partial charge in [-0.15, -0.1) is 0 Å². The van der Waals surface area contributed by atoms with Crippen molar-refractivity contribution in [2.75, 3.05) is 0 Å². The van der Waals surface area contributed by atoms with Crippen molar-refractivity contribution in [2.24, 2.45) is 7.05 Å². The summed E-state index contributed by atoms with van der Waals surface area (Å²) in [5, 5.41) is 18.7. The van der Waals surface area contributed by atoms with Crippen molar-refractivity contribution < 1.29 is 9.90 Å². The highest BCUT2D eigenvalue weighted by Gasteiger charge is 2.20. The zero-order valence-corrected chi connectivity index (χ0v) is 9.21. The number of nitriles is 1. The molecule has 0 saturated heterocycles. The largest absolute Gasteiger partial charge is 0.493 e. The van der Waals surface area contributed by atoms with Crippen LogP contribution >= 0.6 is 0 Å². The van der Waals surface area contributed by atoms with E-state index in [1.807, 2.05) is 36.4 Å². The average molecular weight is 226 g/mol. The van der Waals surface area contributed by atoms with E-state index in [0.29, 0.717) is 12.0 Å². The molecule has 84 valence electrons. The molecule has 0 aliphatic rings. The van der Waals surface area contributed by atoms with Crippen LogP contribution in [-0.4, -0.2) is 16.0 Å². The van der Waals surface area contributed by atoms with Crippen LogP contribution in [0.15, 0.2) is 30.3 Å². The first kappa shape index (κ1) is 11.0. The second-order valence-corrected chi connectivity index (χ2v) is 3.62. The number of carbonyl (C=O) groups is 1. The van der Waals surface area contributed by atoms with E-state index >= 15 is 0 Å². The van der Waals surface area contributed by atoms with Gasteiger partial charge in [-0.3, -0.25) is 4.79 Å². The van der Waals surface area contributed by atoms with Gasteiger partial charge in [0.1, 0.15) is 11.6 Å². The molecule has 17 heavy (non-hydrogen) atoms. The second kappa shape index (κ2) is 4.14. The van der Waals surface area contributed by atoms with E-state index in [-0.39, 0.29) is 17.0 Å². The van der Waals surface area contributed by atoms with Crippen LogP contribution in [0.3, 0.4) is 0 Å². The van der Waals surface area contributed by atoms with Crippen molar-refractivity contribution in [3.05, 3.63) is 41.5 Å². The summed E-state index contributed by atoms with van der Waals surface area (Å²) in [4.78, 5) is 11.1. The Balaban J connectivity index is 2.80. The zero-order chi connectivity index (χ0) is 12.4. The lowest BCUT2D eigenvalue weighted by molar-refractivity contribution is 0.112. The van der Waals surface area contributed by atoms with E-state index in [0.717, 1.165) is 5.56 Å². The van der Waals surface area contributed by atoms with Crippen molar-refractivity contribution in [3.63, 3.8) is 0 Å². The molecule has 1 aromatic carbocycles. The molecule has 1 N–H and O–H groups in total. The molecule has 0 unspecified atom stereocenters. The van der Waals surface area contributed by atoms with Gasteiger partial charge in [0.05, 0.1) is 11.3 Å². The minimum atomic E-state index is -0.187. The molecular weight excluding hydrogens is 216 g/mol. The van der Waals surface area contributed by atoms with E-state index in [1.165, 1.54) is 4.57 Å². The van der Waals surface area contributed by atoms with Crippen LogP contribution in [0.4, 0.5) is 0 Å². The first-order chi connectivity index (χ1) is 8.20. The minimum absolute atomic E-state index is 0.0151. The Kier molecular flexibility index (Phi) is 2.67. The fourth-order valence-electron chi connectivity index (χ4n) is 1.86. The van der Waals surface area contributed by atoms with E-state index in [4.69, 9.17) is 5.26 Å². The standard InChI is InChI=1S/C13H10N2O2/c1-15-12(9-5-3-2-4-6-9)11(8-16)10(7-14)13(15)17/h2-6,8,17H,1H3. The van der Waals surface area contributed by atoms with E-state index < -0.39 is 0 Å². The Morgan fingerprint density at radius 3 is 2.53 bits per heavy atom. The normalized spacial score (nSPS) is 9.88. The van der Waals surface area contributed by atoms with Crippen molar-refractivity contribution >= 4 is 6.29 Å². The summed E-state index contributed by atoms with van der Waals surface area (Å²) in [6.07, 6.45) is 0.598. The lowest BCUT2D eigenvalue weighted by Crippen LogP contribution is -1.93. The molecule has 0 saturated carbocycles. The van der Waals surface area contributed by atoms with Crippen LogP contribution in [0.25, 0.3) is 11.3 Å². The van der Waals surface area contributed by atoms with E-state index in [1.54, 1.807) is 7.05 Å². The van der Waals surface area contributed by atoms with Crippen molar-refractivity contribution in [3.8, 4) is 23.2 Å². The molecule has 0 aliphatic carbocycles. The Morgan fingerprint density at radius 1 is 1.35 bits per heavy atom. The Labute approximate surface area is 98.4 Å². The van der Waals surface area contributed by atoms with Gasteiger partial charge in [-0.25, -0.2) is 0 Å². The monoisotopic (exact) mass is 226 g/mol. The molecule has 2 aromatic rings. The Bertz CT molecular complexity index is 607. The lowest BCUT2D eigenvalue weighted by atomic mass is 10.1. The summed E-state index contributed by atoms with van der Waals surface area (Å²) in [5.74, 6) is -0.187. The number of hydrogen-bond acceptors (Lipinski definition) is 3. The molecule has 0 spiro atoms. The van der Waals surface area contributed by atoms with Gasteiger partial charge >= 0.3 is 0 Å². The van der Waals surface area contributed by atoms with Gasteiger partial charge in [0, 0.05) is 7.05 Å². The third-order valence-electron chi connectivity index (χ3n) is 2.68. The van der Waals surface area contributed by atoms with Crippen LogP contribution < -0.4 is 0 Å². The third kappa shape index (κ3) is 1.58. The van der Waals surface area contributed by atoms with Gasteiger partial charge in [-0.2, -0.15) is 5.26 Å². The van der Waals surface area contributed by atoms with Crippen LogP contribution in [0.5, 0.6) is 5.88 Å². The second-order valence-electron chi connectivity index (χ2n) is 3.62. The molecule has 0 aliphatic heterocycles. The fraction of sp³-hybridized carbons (Fsp3) is 0.0769. The highest BCUT2D eigenvalue weighted by Crippen LogP contribution is 2.32. The van der Waals surface area contributed by atoms with Crippen molar-refractivity contribution in [2.45, 2.75) is 0 Å².